The molecule has 0 bridgehead atoms. The molecule has 0 radical (unpaired) electrons. The van der Waals surface area contributed by atoms with Gasteiger partial charge in [0, 0.05) is 5.39 Å². The summed E-state index contributed by atoms with van der Waals surface area (Å²) >= 11 is 0. The molecule has 0 fully saturated rings. The van der Waals surface area contributed by atoms with Crippen molar-refractivity contribution >= 4 is 22.6 Å². The molecule has 0 saturated heterocycles. The zero-order valence-corrected chi connectivity index (χ0v) is 17.6. The van der Waals surface area contributed by atoms with Crippen LogP contribution in [0, 0.1) is 6.92 Å². The predicted octanol–water partition coefficient (Wildman–Crippen LogP) is 5.50. The number of anilines is 1. The van der Waals surface area contributed by atoms with Crippen molar-refractivity contribution in [2.75, 3.05) is 5.32 Å². The van der Waals surface area contributed by atoms with Crippen molar-refractivity contribution in [1.29, 1.82) is 0 Å². The number of para-hydroxylation sites is 1. The Bertz CT molecular complexity index is 1320. The van der Waals surface area contributed by atoms with Gasteiger partial charge in [-0.3, -0.25) is 4.79 Å². The lowest BCUT2D eigenvalue weighted by Crippen LogP contribution is -2.22. The van der Waals surface area contributed by atoms with E-state index < -0.39 is 5.92 Å². The lowest BCUT2D eigenvalue weighted by molar-refractivity contribution is -0.116. The zero-order chi connectivity index (χ0) is 21.9. The SMILES string of the molecule is Cc1nn(-c2ccccc2)c2ncc(NC(=O)C(c3ccccc3)c3ccccc3)cc12. The Morgan fingerprint density at radius 1 is 0.844 bits per heavy atom. The first-order valence-electron chi connectivity index (χ1n) is 10.5. The number of carbonyl (C=O) groups excluding carboxylic acids is 1. The van der Waals surface area contributed by atoms with E-state index >= 15 is 0 Å². The number of nitrogens with zero attached hydrogens (tertiary/aromatic N) is 3. The van der Waals surface area contributed by atoms with E-state index in [9.17, 15) is 4.79 Å². The first kappa shape index (κ1) is 19.7. The molecule has 0 unspecified atom stereocenters. The van der Waals surface area contributed by atoms with E-state index in [-0.39, 0.29) is 5.91 Å². The fraction of sp³-hybridized carbons (Fsp3) is 0.0741. The Morgan fingerprint density at radius 2 is 1.41 bits per heavy atom. The topological polar surface area (TPSA) is 59.8 Å². The van der Waals surface area contributed by atoms with Crippen molar-refractivity contribution in [2.45, 2.75) is 12.8 Å². The second-order valence-electron chi connectivity index (χ2n) is 7.67. The molecule has 0 aliphatic rings. The van der Waals surface area contributed by atoms with Crippen LogP contribution < -0.4 is 5.32 Å². The molecule has 1 N–H and O–H groups in total. The normalized spacial score (nSPS) is 11.1. The van der Waals surface area contributed by atoms with Gasteiger partial charge in [-0.25, -0.2) is 9.67 Å². The fourth-order valence-corrected chi connectivity index (χ4v) is 3.96. The zero-order valence-electron chi connectivity index (χ0n) is 17.6. The molecule has 5 aromatic rings. The smallest absolute Gasteiger partial charge is 0.236 e. The molecule has 5 nitrogen and oxygen atoms in total. The first-order valence-corrected chi connectivity index (χ1v) is 10.5. The standard InChI is InChI=1S/C27H22N4O/c1-19-24-17-22(18-28-26(24)31(30-19)23-15-9-4-10-16-23)29-27(32)25(20-11-5-2-6-12-20)21-13-7-3-8-14-21/h2-18,25H,1H3,(H,29,32). The van der Waals surface area contributed by atoms with Crippen LogP contribution >= 0.6 is 0 Å². The van der Waals surface area contributed by atoms with Crippen molar-refractivity contribution in [2.24, 2.45) is 0 Å². The Balaban J connectivity index is 1.49. The summed E-state index contributed by atoms with van der Waals surface area (Å²) in [5.74, 6) is -0.516. The van der Waals surface area contributed by atoms with Gasteiger partial charge in [0.05, 0.1) is 29.2 Å². The lowest BCUT2D eigenvalue weighted by atomic mass is 9.90. The molecule has 3 aromatic carbocycles. The average Bonchev–Trinajstić information content (AvgIpc) is 3.17. The van der Waals surface area contributed by atoms with Crippen LogP contribution in [0.25, 0.3) is 16.7 Å². The van der Waals surface area contributed by atoms with E-state index in [0.29, 0.717) is 5.69 Å². The number of benzene rings is 3. The second-order valence-corrected chi connectivity index (χ2v) is 7.67. The maximum absolute atomic E-state index is 13.4. The van der Waals surface area contributed by atoms with Gasteiger partial charge in [0.15, 0.2) is 5.65 Å². The van der Waals surface area contributed by atoms with E-state index in [1.807, 2.05) is 109 Å². The molecule has 5 heteroatoms. The number of hydrogen-bond acceptors (Lipinski definition) is 3. The Labute approximate surface area is 186 Å². The summed E-state index contributed by atoms with van der Waals surface area (Å²) in [6.45, 7) is 1.95. The van der Waals surface area contributed by atoms with E-state index in [1.165, 1.54) is 0 Å². The number of nitrogens with one attached hydrogen (secondary N) is 1. The third kappa shape index (κ3) is 3.76. The number of pyridine rings is 1. The van der Waals surface area contributed by atoms with Crippen LogP contribution in [-0.4, -0.2) is 20.7 Å². The molecular weight excluding hydrogens is 396 g/mol. The summed E-state index contributed by atoms with van der Waals surface area (Å²) in [6.07, 6.45) is 1.69. The minimum Gasteiger partial charge on any atom is -0.324 e. The van der Waals surface area contributed by atoms with Crippen LogP contribution in [-0.2, 0) is 4.79 Å². The highest BCUT2D eigenvalue weighted by Crippen LogP contribution is 2.28. The third-order valence-electron chi connectivity index (χ3n) is 5.50. The minimum atomic E-state index is -0.416. The first-order chi connectivity index (χ1) is 15.7. The maximum atomic E-state index is 13.4. The molecule has 0 spiro atoms. The van der Waals surface area contributed by atoms with E-state index in [2.05, 4.69) is 15.4 Å². The number of hydrogen-bond donors (Lipinski definition) is 1. The van der Waals surface area contributed by atoms with Crippen LogP contribution in [0.1, 0.15) is 22.7 Å². The van der Waals surface area contributed by atoms with Crippen molar-refractivity contribution in [3.05, 3.63) is 120 Å². The Hall–Kier alpha value is -4.25. The van der Waals surface area contributed by atoms with Crippen LogP contribution in [0.15, 0.2) is 103 Å². The molecule has 2 heterocycles. The van der Waals surface area contributed by atoms with Crippen molar-refractivity contribution < 1.29 is 4.79 Å². The molecule has 156 valence electrons. The number of aromatic nitrogens is 3. The number of fused-ring (bicyclic) bond motifs is 1. The quantitative estimate of drug-likeness (QED) is 0.410. The molecule has 5 rings (SSSR count). The molecule has 32 heavy (non-hydrogen) atoms. The highest BCUT2D eigenvalue weighted by atomic mass is 16.1. The highest BCUT2D eigenvalue weighted by Gasteiger charge is 2.23. The van der Waals surface area contributed by atoms with E-state index in [1.54, 1.807) is 6.20 Å². The van der Waals surface area contributed by atoms with Gasteiger partial charge in [-0.15, -0.1) is 0 Å². The molecule has 0 atom stereocenters. The molecular formula is C27H22N4O. The number of amides is 1. The van der Waals surface area contributed by atoms with Gasteiger partial charge < -0.3 is 5.32 Å². The van der Waals surface area contributed by atoms with Crippen molar-refractivity contribution in [3.8, 4) is 5.69 Å². The summed E-state index contributed by atoms with van der Waals surface area (Å²) in [4.78, 5) is 18.0. The molecule has 1 amide bonds. The molecule has 0 aliphatic carbocycles. The van der Waals surface area contributed by atoms with Crippen LogP contribution in [0.5, 0.6) is 0 Å². The van der Waals surface area contributed by atoms with Gasteiger partial charge in [0.1, 0.15) is 0 Å². The van der Waals surface area contributed by atoms with Crippen molar-refractivity contribution in [1.82, 2.24) is 14.8 Å². The predicted molar refractivity (Wildman–Crippen MR) is 127 cm³/mol. The van der Waals surface area contributed by atoms with Gasteiger partial charge in [-0.05, 0) is 36.2 Å². The monoisotopic (exact) mass is 418 g/mol. The van der Waals surface area contributed by atoms with Gasteiger partial charge >= 0.3 is 0 Å². The summed E-state index contributed by atoms with van der Waals surface area (Å²) in [5, 5.41) is 8.63. The second kappa shape index (κ2) is 8.47. The van der Waals surface area contributed by atoms with E-state index in [4.69, 9.17) is 0 Å². The number of aryl methyl sites for hydroxylation is 1. The van der Waals surface area contributed by atoms with Crippen molar-refractivity contribution in [3.63, 3.8) is 0 Å². The minimum absolute atomic E-state index is 0.100. The summed E-state index contributed by atoms with van der Waals surface area (Å²) < 4.78 is 1.83. The fourth-order valence-electron chi connectivity index (χ4n) is 3.96. The molecule has 0 aliphatic heterocycles. The molecule has 0 saturated carbocycles. The molecule has 2 aromatic heterocycles. The Morgan fingerprint density at radius 3 is 2.00 bits per heavy atom. The largest absolute Gasteiger partial charge is 0.324 e. The summed E-state index contributed by atoms with van der Waals surface area (Å²) in [6, 6.07) is 31.5. The Kier molecular flexibility index (Phi) is 5.22. The highest BCUT2D eigenvalue weighted by molar-refractivity contribution is 5.99. The third-order valence-corrected chi connectivity index (χ3v) is 5.50. The maximum Gasteiger partial charge on any atom is 0.236 e. The van der Waals surface area contributed by atoms with Gasteiger partial charge in [0.2, 0.25) is 5.91 Å². The average molecular weight is 419 g/mol. The van der Waals surface area contributed by atoms with E-state index in [0.717, 1.165) is 33.5 Å². The van der Waals surface area contributed by atoms with Gasteiger partial charge in [0.25, 0.3) is 0 Å². The lowest BCUT2D eigenvalue weighted by Gasteiger charge is -2.18. The summed E-state index contributed by atoms with van der Waals surface area (Å²) in [7, 11) is 0. The number of rotatable bonds is 5. The van der Waals surface area contributed by atoms with Crippen LogP contribution in [0.2, 0.25) is 0 Å². The van der Waals surface area contributed by atoms with Crippen LogP contribution in [0.4, 0.5) is 5.69 Å². The van der Waals surface area contributed by atoms with Gasteiger partial charge in [-0.1, -0.05) is 78.9 Å². The van der Waals surface area contributed by atoms with Crippen LogP contribution in [0.3, 0.4) is 0 Å². The number of carbonyl (C=O) groups is 1. The van der Waals surface area contributed by atoms with Gasteiger partial charge in [-0.2, -0.15) is 5.10 Å². The summed E-state index contributed by atoms with van der Waals surface area (Å²) in [5.41, 5.74) is 5.10.